The largest absolute Gasteiger partial charge is 0.355 e. The Bertz CT molecular complexity index is 917. The topological polar surface area (TPSA) is 15.8 Å². The van der Waals surface area contributed by atoms with Crippen molar-refractivity contribution in [3.05, 3.63) is 70.7 Å². The van der Waals surface area contributed by atoms with Crippen molar-refractivity contribution in [2.24, 2.45) is 0 Å². The molecule has 0 saturated carbocycles. The molecule has 1 heterocycles. The maximum Gasteiger partial charge on any atom is 0.0599 e. The number of hydrogen-bond acceptors (Lipinski definition) is 0. The first-order valence-electron chi connectivity index (χ1n) is 6.68. The van der Waals surface area contributed by atoms with Gasteiger partial charge in [-0.05, 0) is 46.7 Å². The predicted molar refractivity (Wildman–Crippen MR) is 91.3 cm³/mol. The number of benzene rings is 3. The van der Waals surface area contributed by atoms with Crippen LogP contribution in [0.1, 0.15) is 0 Å². The van der Waals surface area contributed by atoms with E-state index in [4.69, 9.17) is 23.2 Å². The maximum absolute atomic E-state index is 6.10. The summed E-state index contributed by atoms with van der Waals surface area (Å²) in [4.78, 5) is 3.45. The Hall–Kier alpha value is -1.96. The van der Waals surface area contributed by atoms with Gasteiger partial charge in [0.1, 0.15) is 0 Å². The monoisotopic (exact) mass is 311 g/mol. The van der Waals surface area contributed by atoms with Gasteiger partial charge in [-0.15, -0.1) is 0 Å². The molecule has 3 aromatic carbocycles. The molecule has 0 radical (unpaired) electrons. The number of hydrogen-bond donors (Lipinski definition) is 1. The van der Waals surface area contributed by atoms with Crippen molar-refractivity contribution in [2.75, 3.05) is 0 Å². The standard InChI is InChI=1S/C18H11Cl2N/c19-15-6-5-13(8-16(15)20)17-10-14-7-11-3-1-2-4-12(11)9-18(14)21-17/h1-10,21H. The molecule has 0 saturated heterocycles. The van der Waals surface area contributed by atoms with E-state index in [2.05, 4.69) is 47.4 Å². The van der Waals surface area contributed by atoms with Gasteiger partial charge in [0.05, 0.1) is 10.0 Å². The molecule has 0 atom stereocenters. The van der Waals surface area contributed by atoms with Crippen LogP contribution in [0.3, 0.4) is 0 Å². The number of rotatable bonds is 1. The lowest BCUT2D eigenvalue weighted by Crippen LogP contribution is -1.78. The number of halogens is 2. The highest BCUT2D eigenvalue weighted by Crippen LogP contribution is 2.31. The van der Waals surface area contributed by atoms with Crippen molar-refractivity contribution in [1.82, 2.24) is 4.98 Å². The first-order chi connectivity index (χ1) is 10.2. The van der Waals surface area contributed by atoms with Gasteiger partial charge < -0.3 is 4.98 Å². The third-order valence-electron chi connectivity index (χ3n) is 3.72. The molecule has 1 aromatic heterocycles. The fourth-order valence-electron chi connectivity index (χ4n) is 2.64. The summed E-state index contributed by atoms with van der Waals surface area (Å²) in [5.74, 6) is 0. The van der Waals surface area contributed by atoms with Gasteiger partial charge >= 0.3 is 0 Å². The van der Waals surface area contributed by atoms with Gasteiger partial charge in [0.2, 0.25) is 0 Å². The van der Waals surface area contributed by atoms with Gasteiger partial charge in [0.15, 0.2) is 0 Å². The van der Waals surface area contributed by atoms with Gasteiger partial charge in [-0.25, -0.2) is 0 Å². The van der Waals surface area contributed by atoms with Crippen molar-refractivity contribution < 1.29 is 0 Å². The molecule has 4 aromatic rings. The van der Waals surface area contributed by atoms with Crippen LogP contribution >= 0.6 is 23.2 Å². The first kappa shape index (κ1) is 12.8. The minimum atomic E-state index is 0.568. The summed E-state index contributed by atoms with van der Waals surface area (Å²) in [7, 11) is 0. The SMILES string of the molecule is Clc1ccc(-c2cc3cc4ccccc4cc3[nH]2)cc1Cl. The van der Waals surface area contributed by atoms with Crippen molar-refractivity contribution in [3.8, 4) is 11.3 Å². The lowest BCUT2D eigenvalue weighted by atomic mass is 10.1. The summed E-state index contributed by atoms with van der Waals surface area (Å²) >= 11 is 12.1. The lowest BCUT2D eigenvalue weighted by Gasteiger charge is -2.00. The molecule has 0 unspecified atom stereocenters. The zero-order valence-electron chi connectivity index (χ0n) is 11.0. The van der Waals surface area contributed by atoms with Gasteiger partial charge in [0.25, 0.3) is 0 Å². The second kappa shape index (κ2) is 4.80. The fraction of sp³-hybridized carbons (Fsp3) is 0. The van der Waals surface area contributed by atoms with E-state index in [9.17, 15) is 0 Å². The molecule has 0 aliphatic rings. The molecule has 3 heteroatoms. The van der Waals surface area contributed by atoms with Crippen LogP contribution in [-0.2, 0) is 0 Å². The van der Waals surface area contributed by atoms with E-state index in [0.29, 0.717) is 10.0 Å². The Balaban J connectivity index is 1.93. The fourth-order valence-corrected chi connectivity index (χ4v) is 2.94. The van der Waals surface area contributed by atoms with Crippen molar-refractivity contribution in [2.45, 2.75) is 0 Å². The summed E-state index contributed by atoms with van der Waals surface area (Å²) in [6.07, 6.45) is 0. The molecule has 0 bridgehead atoms. The summed E-state index contributed by atoms with van der Waals surface area (Å²) in [6.45, 7) is 0. The number of aromatic nitrogens is 1. The average Bonchev–Trinajstić information content (AvgIpc) is 2.90. The van der Waals surface area contributed by atoms with Crippen LogP contribution in [0.4, 0.5) is 0 Å². The molecular weight excluding hydrogens is 301 g/mol. The molecule has 4 rings (SSSR count). The molecular formula is C18H11Cl2N. The van der Waals surface area contributed by atoms with Gasteiger partial charge in [0, 0.05) is 16.6 Å². The quantitative estimate of drug-likeness (QED) is 0.425. The van der Waals surface area contributed by atoms with Crippen molar-refractivity contribution >= 4 is 44.9 Å². The molecule has 0 amide bonds. The van der Waals surface area contributed by atoms with Crippen LogP contribution in [0.15, 0.2) is 60.7 Å². The van der Waals surface area contributed by atoms with E-state index in [1.54, 1.807) is 0 Å². The number of nitrogens with one attached hydrogen (secondary N) is 1. The Kier molecular flexibility index (Phi) is 2.91. The highest BCUT2D eigenvalue weighted by atomic mass is 35.5. The highest BCUT2D eigenvalue weighted by molar-refractivity contribution is 6.42. The minimum absolute atomic E-state index is 0.568. The van der Waals surface area contributed by atoms with E-state index in [0.717, 1.165) is 16.8 Å². The molecule has 0 aliphatic carbocycles. The Morgan fingerprint density at radius 1 is 0.667 bits per heavy atom. The van der Waals surface area contributed by atoms with E-state index in [-0.39, 0.29) is 0 Å². The van der Waals surface area contributed by atoms with Crippen LogP contribution in [0, 0.1) is 0 Å². The second-order valence-electron chi connectivity index (χ2n) is 5.10. The Morgan fingerprint density at radius 2 is 1.43 bits per heavy atom. The smallest absolute Gasteiger partial charge is 0.0599 e. The van der Waals surface area contributed by atoms with E-state index < -0.39 is 0 Å². The molecule has 1 nitrogen and oxygen atoms in total. The molecule has 21 heavy (non-hydrogen) atoms. The first-order valence-corrected chi connectivity index (χ1v) is 7.43. The molecule has 0 fully saturated rings. The summed E-state index contributed by atoms with van der Waals surface area (Å²) in [5.41, 5.74) is 3.19. The number of H-pyrrole nitrogens is 1. The molecule has 102 valence electrons. The summed E-state index contributed by atoms with van der Waals surface area (Å²) in [6, 6.07) is 20.5. The van der Waals surface area contributed by atoms with Crippen molar-refractivity contribution in [1.29, 1.82) is 0 Å². The highest BCUT2D eigenvalue weighted by Gasteiger charge is 2.06. The molecule has 1 N–H and O–H groups in total. The third-order valence-corrected chi connectivity index (χ3v) is 4.46. The zero-order valence-corrected chi connectivity index (χ0v) is 12.5. The minimum Gasteiger partial charge on any atom is -0.355 e. The van der Waals surface area contributed by atoms with Crippen LogP contribution in [-0.4, -0.2) is 4.98 Å². The van der Waals surface area contributed by atoms with Crippen LogP contribution in [0.2, 0.25) is 10.0 Å². The zero-order chi connectivity index (χ0) is 14.4. The number of fused-ring (bicyclic) bond motifs is 2. The summed E-state index contributed by atoms with van der Waals surface area (Å²) < 4.78 is 0. The van der Waals surface area contributed by atoms with E-state index in [1.807, 2.05) is 18.2 Å². The molecule has 0 spiro atoms. The van der Waals surface area contributed by atoms with E-state index in [1.165, 1.54) is 16.2 Å². The normalized spacial score (nSPS) is 11.3. The maximum atomic E-state index is 6.10. The van der Waals surface area contributed by atoms with Crippen molar-refractivity contribution in [3.63, 3.8) is 0 Å². The second-order valence-corrected chi connectivity index (χ2v) is 5.91. The van der Waals surface area contributed by atoms with E-state index >= 15 is 0 Å². The third kappa shape index (κ3) is 2.19. The van der Waals surface area contributed by atoms with Gasteiger partial charge in [-0.1, -0.05) is 53.5 Å². The van der Waals surface area contributed by atoms with Gasteiger partial charge in [-0.3, -0.25) is 0 Å². The molecule has 0 aliphatic heterocycles. The Labute approximate surface area is 132 Å². The lowest BCUT2D eigenvalue weighted by molar-refractivity contribution is 1.46. The average molecular weight is 312 g/mol. The summed E-state index contributed by atoms with van der Waals surface area (Å²) in [5, 5.41) is 4.80. The van der Waals surface area contributed by atoms with Gasteiger partial charge in [-0.2, -0.15) is 0 Å². The number of aromatic amines is 1. The van der Waals surface area contributed by atoms with Crippen LogP contribution < -0.4 is 0 Å². The predicted octanol–water partition coefficient (Wildman–Crippen LogP) is 6.29. The van der Waals surface area contributed by atoms with Crippen LogP contribution in [0.5, 0.6) is 0 Å². The van der Waals surface area contributed by atoms with Crippen LogP contribution in [0.25, 0.3) is 32.9 Å². The Morgan fingerprint density at radius 3 is 2.19 bits per heavy atom.